The van der Waals surface area contributed by atoms with Gasteiger partial charge in [-0.25, -0.2) is 26.4 Å². The van der Waals surface area contributed by atoms with Crippen LogP contribution in [0.15, 0.2) is 29.3 Å². The highest BCUT2D eigenvalue weighted by atomic mass is 32.2. The lowest BCUT2D eigenvalue weighted by Gasteiger charge is -2.24. The van der Waals surface area contributed by atoms with Crippen LogP contribution in [0.3, 0.4) is 0 Å². The van der Waals surface area contributed by atoms with Crippen LogP contribution in [0, 0.1) is 6.57 Å². The van der Waals surface area contributed by atoms with Crippen LogP contribution >= 0.6 is 0 Å². The zero-order valence-electron chi connectivity index (χ0n) is 14.3. The first kappa shape index (κ1) is 21.2. The second-order valence-electron chi connectivity index (χ2n) is 6.33. The fourth-order valence-electron chi connectivity index (χ4n) is 3.26. The van der Waals surface area contributed by atoms with Crippen molar-refractivity contribution in [1.82, 2.24) is 4.57 Å². The lowest BCUT2D eigenvalue weighted by Crippen LogP contribution is -2.27. The van der Waals surface area contributed by atoms with E-state index in [1.54, 1.807) is 0 Å². The maximum Gasteiger partial charge on any atom is 0.501 e. The summed E-state index contributed by atoms with van der Waals surface area (Å²) >= 11 is 0. The van der Waals surface area contributed by atoms with E-state index in [1.165, 1.54) is 0 Å². The molecule has 3 rings (SSSR count). The summed E-state index contributed by atoms with van der Waals surface area (Å²) in [5.74, 6) is 0. The number of alkyl halides is 6. The highest BCUT2D eigenvalue weighted by molar-refractivity contribution is 7.92. The average Bonchev–Trinajstić information content (AvgIpc) is 3.04. The Kier molecular flexibility index (Phi) is 5.17. The normalized spacial score (nSPS) is 19.8. The van der Waals surface area contributed by atoms with Gasteiger partial charge in [0, 0.05) is 28.7 Å². The summed E-state index contributed by atoms with van der Waals surface area (Å²) in [5, 5.41) is 10.0. The van der Waals surface area contributed by atoms with Gasteiger partial charge >= 0.3 is 5.51 Å². The summed E-state index contributed by atoms with van der Waals surface area (Å²) in [6, 6.07) is 3.01. The molecule has 0 aliphatic heterocycles. The third-order valence-corrected chi connectivity index (χ3v) is 6.16. The monoisotopic (exact) mass is 438 g/mol. The van der Waals surface area contributed by atoms with E-state index in [1.807, 2.05) is 0 Å². The second-order valence-corrected chi connectivity index (χ2v) is 8.24. The van der Waals surface area contributed by atoms with Gasteiger partial charge in [-0.2, -0.15) is 13.2 Å². The molecule has 1 heterocycles. The number of hydrogen-bond acceptors (Lipinski definition) is 3. The SMILES string of the molecule is [C-]#[N+]c1ccc(-n2cc(S(=O)(=O)C(F)(F)F)c3c2CC[C@@H](F)[C@H]3O)cc1C(F)F. The molecule has 0 unspecified atom stereocenters. The Morgan fingerprint density at radius 2 is 1.93 bits per heavy atom. The van der Waals surface area contributed by atoms with Gasteiger partial charge in [-0.1, -0.05) is 6.07 Å². The van der Waals surface area contributed by atoms with E-state index in [-0.39, 0.29) is 29.9 Å². The Hall–Kier alpha value is -2.52. The molecular formula is C17H12F6N2O3S. The van der Waals surface area contributed by atoms with Gasteiger partial charge in [0.2, 0.25) is 0 Å². The molecule has 1 aromatic carbocycles. The van der Waals surface area contributed by atoms with E-state index in [0.29, 0.717) is 6.20 Å². The van der Waals surface area contributed by atoms with Crippen molar-refractivity contribution < 1.29 is 39.9 Å². The third-order valence-electron chi connectivity index (χ3n) is 4.65. The number of aliphatic hydroxyl groups excluding tert-OH is 1. The quantitative estimate of drug-likeness (QED) is 0.564. The molecule has 0 bridgehead atoms. The van der Waals surface area contributed by atoms with Crippen molar-refractivity contribution >= 4 is 15.5 Å². The fraction of sp³-hybridized carbons (Fsp3) is 0.353. The molecule has 1 aliphatic rings. The van der Waals surface area contributed by atoms with Crippen LogP contribution in [-0.2, 0) is 16.3 Å². The lowest BCUT2D eigenvalue weighted by molar-refractivity contribution is -0.0438. The van der Waals surface area contributed by atoms with E-state index >= 15 is 0 Å². The minimum atomic E-state index is -5.94. The molecule has 0 spiro atoms. The Balaban J connectivity index is 2.31. The lowest BCUT2D eigenvalue weighted by atomic mass is 9.93. The topological polar surface area (TPSA) is 63.7 Å². The van der Waals surface area contributed by atoms with Crippen molar-refractivity contribution in [2.75, 3.05) is 0 Å². The van der Waals surface area contributed by atoms with Crippen LogP contribution in [0.5, 0.6) is 0 Å². The number of fused-ring (bicyclic) bond motifs is 1. The molecule has 0 radical (unpaired) electrons. The molecule has 12 heteroatoms. The minimum Gasteiger partial charge on any atom is -0.385 e. The van der Waals surface area contributed by atoms with Crippen LogP contribution in [0.4, 0.5) is 32.0 Å². The molecule has 5 nitrogen and oxygen atoms in total. The van der Waals surface area contributed by atoms with Gasteiger partial charge in [0.15, 0.2) is 5.69 Å². The number of aromatic nitrogens is 1. The molecule has 0 amide bonds. The summed E-state index contributed by atoms with van der Waals surface area (Å²) in [7, 11) is -5.94. The van der Waals surface area contributed by atoms with E-state index in [0.717, 1.165) is 22.8 Å². The third kappa shape index (κ3) is 3.38. The summed E-state index contributed by atoms with van der Waals surface area (Å²) in [6.07, 6.45) is -7.16. The zero-order valence-corrected chi connectivity index (χ0v) is 15.1. The van der Waals surface area contributed by atoms with Gasteiger partial charge in [0.1, 0.15) is 17.2 Å². The van der Waals surface area contributed by atoms with Crippen molar-refractivity contribution in [3.8, 4) is 5.69 Å². The number of aliphatic hydroxyl groups is 1. The van der Waals surface area contributed by atoms with Crippen LogP contribution in [-0.4, -0.2) is 29.8 Å². The number of nitrogens with zero attached hydrogens (tertiary/aromatic N) is 2. The zero-order chi connectivity index (χ0) is 21.7. The first-order valence-corrected chi connectivity index (χ1v) is 9.56. The van der Waals surface area contributed by atoms with Crippen molar-refractivity contribution in [1.29, 1.82) is 0 Å². The molecule has 1 aliphatic carbocycles. The summed E-state index contributed by atoms with van der Waals surface area (Å²) in [5.41, 5.74) is -7.80. The van der Waals surface area contributed by atoms with Crippen LogP contribution in [0.2, 0.25) is 0 Å². The van der Waals surface area contributed by atoms with Gasteiger partial charge in [0.05, 0.1) is 6.57 Å². The number of benzene rings is 1. The molecule has 29 heavy (non-hydrogen) atoms. The Morgan fingerprint density at radius 1 is 1.28 bits per heavy atom. The van der Waals surface area contributed by atoms with Crippen LogP contribution < -0.4 is 0 Å². The number of rotatable bonds is 3. The van der Waals surface area contributed by atoms with Gasteiger partial charge < -0.3 is 9.67 Å². The van der Waals surface area contributed by atoms with Crippen LogP contribution in [0.1, 0.15) is 35.8 Å². The smallest absolute Gasteiger partial charge is 0.385 e. The fourth-order valence-corrected chi connectivity index (χ4v) is 4.28. The minimum absolute atomic E-state index is 0.134. The summed E-state index contributed by atoms with van der Waals surface area (Å²) in [6.45, 7) is 6.91. The van der Waals surface area contributed by atoms with Crippen molar-refractivity contribution in [3.05, 3.63) is 52.6 Å². The first-order valence-electron chi connectivity index (χ1n) is 8.07. The molecule has 0 saturated carbocycles. The summed E-state index contributed by atoms with van der Waals surface area (Å²) in [4.78, 5) is 1.61. The largest absolute Gasteiger partial charge is 0.501 e. The molecule has 0 fully saturated rings. The van der Waals surface area contributed by atoms with E-state index in [2.05, 4.69) is 4.85 Å². The highest BCUT2D eigenvalue weighted by Crippen LogP contribution is 2.43. The van der Waals surface area contributed by atoms with Gasteiger partial charge in [-0.05, 0) is 25.0 Å². The predicted molar refractivity (Wildman–Crippen MR) is 88.4 cm³/mol. The highest BCUT2D eigenvalue weighted by Gasteiger charge is 2.51. The second kappa shape index (κ2) is 7.07. The number of halogens is 6. The van der Waals surface area contributed by atoms with E-state index < -0.39 is 50.1 Å². The van der Waals surface area contributed by atoms with E-state index in [9.17, 15) is 39.9 Å². The van der Waals surface area contributed by atoms with Gasteiger partial charge in [-0.3, -0.25) is 0 Å². The maximum absolute atomic E-state index is 13.9. The molecule has 1 aromatic heterocycles. The molecule has 2 atom stereocenters. The van der Waals surface area contributed by atoms with Crippen LogP contribution in [0.25, 0.3) is 10.5 Å². The molecule has 2 aromatic rings. The number of hydrogen-bond donors (Lipinski definition) is 1. The summed E-state index contributed by atoms with van der Waals surface area (Å²) < 4.78 is 104. The Labute approximate surface area is 160 Å². The van der Waals surface area contributed by atoms with Gasteiger partial charge in [-0.15, -0.1) is 0 Å². The molecular weight excluding hydrogens is 426 g/mol. The standard InChI is InChI=1S/C17H12F6N2O3S/c1-24-11-4-2-8(6-9(11)16(19)20)25-7-13(29(27,28)17(21,22)23)14-12(25)5-3-10(18)15(14)26/h2,4,6-7,10,15-16,26H,3,5H2/t10-,15-/m1/s1. The van der Waals surface area contributed by atoms with Gasteiger partial charge in [0.25, 0.3) is 16.3 Å². The van der Waals surface area contributed by atoms with Crippen molar-refractivity contribution in [2.45, 2.75) is 41.9 Å². The van der Waals surface area contributed by atoms with Crippen molar-refractivity contribution in [2.24, 2.45) is 0 Å². The Bertz CT molecular complexity index is 1100. The average molecular weight is 438 g/mol. The maximum atomic E-state index is 13.9. The van der Waals surface area contributed by atoms with E-state index in [4.69, 9.17) is 6.57 Å². The first-order chi connectivity index (χ1) is 13.4. The predicted octanol–water partition coefficient (Wildman–Crippen LogP) is 4.58. The van der Waals surface area contributed by atoms with Crippen molar-refractivity contribution in [3.63, 3.8) is 0 Å². The Morgan fingerprint density at radius 3 is 2.48 bits per heavy atom. The number of sulfone groups is 1. The molecule has 0 saturated heterocycles. The molecule has 156 valence electrons. The molecule has 1 N–H and O–H groups in total.